The summed E-state index contributed by atoms with van der Waals surface area (Å²) in [4.78, 5) is 37.5. The van der Waals surface area contributed by atoms with E-state index in [-0.39, 0.29) is 12.3 Å². The molecule has 11 nitrogen and oxygen atoms in total. The van der Waals surface area contributed by atoms with Crippen LogP contribution in [0, 0.1) is 0 Å². The number of urea groups is 1. The van der Waals surface area contributed by atoms with Crippen LogP contribution in [-0.2, 0) is 43.6 Å². The van der Waals surface area contributed by atoms with Gasteiger partial charge in [-0.15, -0.1) is 0 Å². The standard InChI is InChI=1S/C28H28ClN9O2/c1-28-25-18(7-8-20(31-25)26-30-13-24(35(26)2)38-12-10-23(39)32-27(38)40)14-36(28)15-22-21(33-28)16-37(34-22)11-9-17-5-3-4-6-19(17)29/h3-8,13,16,33H,9-12,14-15H2,1-2H3,(H,32,39,40). The molecule has 1 atom stereocenters. The molecule has 7 rings (SSSR count). The van der Waals surface area contributed by atoms with Gasteiger partial charge in [0.15, 0.2) is 5.82 Å². The molecule has 3 aromatic heterocycles. The summed E-state index contributed by atoms with van der Waals surface area (Å²) in [6, 6.07) is 11.5. The Labute approximate surface area is 235 Å². The van der Waals surface area contributed by atoms with E-state index in [2.05, 4.69) is 39.7 Å². The fourth-order valence-corrected chi connectivity index (χ4v) is 6.11. The van der Waals surface area contributed by atoms with Gasteiger partial charge in [0.1, 0.15) is 17.2 Å². The number of carbonyl (C=O) groups excluding carboxylic acids is 2. The highest BCUT2D eigenvalue weighted by Crippen LogP contribution is 2.44. The van der Waals surface area contributed by atoms with E-state index >= 15 is 0 Å². The SMILES string of the molecule is Cn1c(N2CCC(=O)NC2=O)cnc1-c1ccc2c(n1)C1(C)Nc3cn(CCc4ccccc4Cl)nc3CN1C2. The van der Waals surface area contributed by atoms with Gasteiger partial charge >= 0.3 is 6.03 Å². The second-order valence-corrected chi connectivity index (χ2v) is 11.0. The predicted molar refractivity (Wildman–Crippen MR) is 150 cm³/mol. The van der Waals surface area contributed by atoms with Crippen LogP contribution in [-0.4, -0.2) is 47.7 Å². The number of imide groups is 1. The van der Waals surface area contributed by atoms with Crippen molar-refractivity contribution in [2.75, 3.05) is 16.8 Å². The number of rotatable bonds is 5. The topological polar surface area (TPSA) is 113 Å². The summed E-state index contributed by atoms with van der Waals surface area (Å²) in [5.41, 5.74) is 5.43. The van der Waals surface area contributed by atoms with Crippen LogP contribution in [0.1, 0.15) is 35.9 Å². The molecule has 12 heteroatoms. The fourth-order valence-electron chi connectivity index (χ4n) is 5.88. The van der Waals surface area contributed by atoms with Gasteiger partial charge in [-0.2, -0.15) is 5.10 Å². The van der Waals surface area contributed by atoms with E-state index in [4.69, 9.17) is 21.7 Å². The zero-order valence-electron chi connectivity index (χ0n) is 22.2. The number of hydrogen-bond acceptors (Lipinski definition) is 7. The van der Waals surface area contributed by atoms with E-state index < -0.39 is 11.7 Å². The molecule has 40 heavy (non-hydrogen) atoms. The highest BCUT2D eigenvalue weighted by molar-refractivity contribution is 6.31. The maximum Gasteiger partial charge on any atom is 0.329 e. The molecule has 0 spiro atoms. The summed E-state index contributed by atoms with van der Waals surface area (Å²) in [6.45, 7) is 4.66. The van der Waals surface area contributed by atoms with Crippen molar-refractivity contribution in [1.82, 2.24) is 34.5 Å². The lowest BCUT2D eigenvalue weighted by Crippen LogP contribution is -2.50. The second-order valence-electron chi connectivity index (χ2n) is 10.6. The van der Waals surface area contributed by atoms with Crippen LogP contribution in [0.3, 0.4) is 0 Å². The number of fused-ring (bicyclic) bond motifs is 4. The van der Waals surface area contributed by atoms with Crippen LogP contribution >= 0.6 is 11.6 Å². The summed E-state index contributed by atoms with van der Waals surface area (Å²) in [5, 5.41) is 11.7. The van der Waals surface area contributed by atoms with Gasteiger partial charge in [0, 0.05) is 50.9 Å². The van der Waals surface area contributed by atoms with Crippen LogP contribution in [0.25, 0.3) is 11.5 Å². The minimum absolute atomic E-state index is 0.252. The lowest BCUT2D eigenvalue weighted by Gasteiger charge is -2.40. The Morgan fingerprint density at radius 1 is 1.12 bits per heavy atom. The molecule has 3 aliphatic rings. The fraction of sp³-hybridized carbons (Fsp3) is 0.321. The number of hydrogen-bond donors (Lipinski definition) is 2. The van der Waals surface area contributed by atoms with Crippen molar-refractivity contribution in [2.24, 2.45) is 7.05 Å². The first-order valence-electron chi connectivity index (χ1n) is 13.3. The normalized spacial score (nSPS) is 20.1. The number of aryl methyl sites for hydroxylation is 2. The molecule has 4 aromatic rings. The van der Waals surface area contributed by atoms with E-state index in [9.17, 15) is 9.59 Å². The van der Waals surface area contributed by atoms with Gasteiger partial charge in [-0.1, -0.05) is 35.9 Å². The first kappa shape index (κ1) is 24.8. The first-order valence-corrected chi connectivity index (χ1v) is 13.6. The second kappa shape index (κ2) is 9.17. The van der Waals surface area contributed by atoms with Crippen molar-refractivity contribution in [3.05, 3.63) is 76.3 Å². The molecule has 1 aromatic carbocycles. The largest absolute Gasteiger partial charge is 0.359 e. The number of imidazole rings is 1. The smallest absolute Gasteiger partial charge is 0.329 e. The zero-order chi connectivity index (χ0) is 27.6. The number of benzene rings is 1. The molecule has 2 N–H and O–H groups in total. The molecule has 1 fully saturated rings. The molecule has 0 bridgehead atoms. The Morgan fingerprint density at radius 3 is 2.80 bits per heavy atom. The predicted octanol–water partition coefficient (Wildman–Crippen LogP) is 3.64. The third-order valence-corrected chi connectivity index (χ3v) is 8.45. The summed E-state index contributed by atoms with van der Waals surface area (Å²) in [6.07, 6.45) is 4.77. The number of nitrogens with one attached hydrogen (secondary N) is 2. The van der Waals surface area contributed by atoms with Gasteiger partial charge in [-0.05, 0) is 36.6 Å². The molecule has 6 heterocycles. The average Bonchev–Trinajstić information content (AvgIpc) is 3.58. The van der Waals surface area contributed by atoms with Crippen molar-refractivity contribution in [3.8, 4) is 11.5 Å². The number of anilines is 2. The Balaban J connectivity index is 1.14. The Kier molecular flexibility index (Phi) is 5.69. The minimum atomic E-state index is -0.504. The maximum absolute atomic E-state index is 12.4. The Hall–Kier alpha value is -4.22. The molecular formula is C28H28ClN9O2. The molecule has 0 aliphatic carbocycles. The molecule has 1 saturated heterocycles. The van der Waals surface area contributed by atoms with Crippen molar-refractivity contribution in [2.45, 2.75) is 45.1 Å². The van der Waals surface area contributed by atoms with Gasteiger partial charge in [-0.3, -0.25) is 24.6 Å². The van der Waals surface area contributed by atoms with Crippen molar-refractivity contribution >= 4 is 35.0 Å². The average molecular weight is 558 g/mol. The quantitative estimate of drug-likeness (QED) is 0.385. The maximum atomic E-state index is 12.4. The van der Waals surface area contributed by atoms with Crippen molar-refractivity contribution in [3.63, 3.8) is 0 Å². The molecule has 3 amide bonds. The summed E-state index contributed by atoms with van der Waals surface area (Å²) in [7, 11) is 1.85. The van der Waals surface area contributed by atoms with Gasteiger partial charge in [-0.25, -0.2) is 14.8 Å². The van der Waals surface area contributed by atoms with E-state index in [0.29, 0.717) is 30.4 Å². The number of amides is 3. The lowest BCUT2D eigenvalue weighted by molar-refractivity contribution is -0.120. The number of carbonyl (C=O) groups is 2. The molecule has 204 valence electrons. The van der Waals surface area contributed by atoms with Crippen LogP contribution in [0.4, 0.5) is 16.3 Å². The number of aromatic nitrogens is 5. The third kappa shape index (κ3) is 3.96. The number of pyridine rings is 1. The van der Waals surface area contributed by atoms with Crippen LogP contribution < -0.4 is 15.5 Å². The van der Waals surface area contributed by atoms with Crippen molar-refractivity contribution in [1.29, 1.82) is 0 Å². The van der Waals surface area contributed by atoms with Crippen molar-refractivity contribution < 1.29 is 9.59 Å². The van der Waals surface area contributed by atoms with Crippen LogP contribution in [0.2, 0.25) is 5.02 Å². The number of nitrogens with zero attached hydrogens (tertiary/aromatic N) is 7. The van der Waals surface area contributed by atoms with E-state index in [1.807, 2.05) is 46.6 Å². The Bertz CT molecular complexity index is 1680. The van der Waals surface area contributed by atoms with Gasteiger partial charge < -0.3 is 9.88 Å². The zero-order valence-corrected chi connectivity index (χ0v) is 22.9. The van der Waals surface area contributed by atoms with Gasteiger partial charge in [0.25, 0.3) is 0 Å². The molecular weight excluding hydrogens is 530 g/mol. The summed E-state index contributed by atoms with van der Waals surface area (Å²) >= 11 is 6.35. The van der Waals surface area contributed by atoms with E-state index in [1.54, 1.807) is 6.20 Å². The molecule has 0 saturated carbocycles. The molecule has 0 radical (unpaired) electrons. The molecule has 3 aliphatic heterocycles. The summed E-state index contributed by atoms with van der Waals surface area (Å²) in [5.74, 6) is 0.990. The monoisotopic (exact) mass is 557 g/mol. The van der Waals surface area contributed by atoms with Crippen LogP contribution in [0.5, 0.6) is 0 Å². The highest BCUT2D eigenvalue weighted by atomic mass is 35.5. The first-order chi connectivity index (χ1) is 19.3. The minimum Gasteiger partial charge on any atom is -0.359 e. The van der Waals surface area contributed by atoms with Gasteiger partial charge in [0.2, 0.25) is 5.91 Å². The van der Waals surface area contributed by atoms with E-state index in [1.165, 1.54) is 4.90 Å². The van der Waals surface area contributed by atoms with Crippen LogP contribution in [0.15, 0.2) is 48.8 Å². The summed E-state index contributed by atoms with van der Waals surface area (Å²) < 4.78 is 3.82. The lowest BCUT2D eigenvalue weighted by atomic mass is 10.0. The Morgan fingerprint density at radius 2 is 1.98 bits per heavy atom. The van der Waals surface area contributed by atoms with E-state index in [0.717, 1.165) is 52.7 Å². The number of halogens is 1. The van der Waals surface area contributed by atoms with Gasteiger partial charge in [0.05, 0.1) is 23.3 Å². The third-order valence-electron chi connectivity index (χ3n) is 8.08. The highest BCUT2D eigenvalue weighted by Gasteiger charge is 2.46. The molecule has 1 unspecified atom stereocenters.